The van der Waals surface area contributed by atoms with Crippen LogP contribution in [0.5, 0.6) is 0 Å². The minimum Gasteiger partial charge on any atom is -0.340 e. The van der Waals surface area contributed by atoms with Gasteiger partial charge in [0.2, 0.25) is 5.91 Å². The van der Waals surface area contributed by atoms with E-state index in [1.54, 1.807) is 0 Å². The zero-order valence-corrected chi connectivity index (χ0v) is 12.5. The minimum absolute atomic E-state index is 0.213. The molecule has 2 N–H and O–H groups in total. The molecule has 1 amide bonds. The molecule has 2 aliphatic heterocycles. The van der Waals surface area contributed by atoms with Crippen LogP contribution in [0.4, 0.5) is 0 Å². The second-order valence-electron chi connectivity index (χ2n) is 5.62. The van der Waals surface area contributed by atoms with Crippen molar-refractivity contribution in [2.75, 3.05) is 52.4 Å². The summed E-state index contributed by atoms with van der Waals surface area (Å²) in [6.07, 6.45) is 2.98. The van der Waals surface area contributed by atoms with Gasteiger partial charge in [0.1, 0.15) is 0 Å². The molecule has 2 fully saturated rings. The lowest BCUT2D eigenvalue weighted by molar-refractivity contribution is -0.132. The van der Waals surface area contributed by atoms with Gasteiger partial charge in [-0.05, 0) is 18.8 Å². The molecular weight excluding hydrogens is 260 g/mol. The van der Waals surface area contributed by atoms with Crippen molar-refractivity contribution in [3.8, 4) is 0 Å². The van der Waals surface area contributed by atoms with Crippen LogP contribution in [0.1, 0.15) is 19.3 Å². The molecule has 2 saturated heterocycles. The van der Waals surface area contributed by atoms with Gasteiger partial charge in [0.05, 0.1) is 0 Å². The molecule has 0 atom stereocenters. The fraction of sp³-hybridized carbons (Fsp3) is 0.923. The van der Waals surface area contributed by atoms with Crippen LogP contribution in [-0.2, 0) is 4.79 Å². The van der Waals surface area contributed by atoms with Crippen LogP contribution in [0, 0.1) is 5.92 Å². The summed E-state index contributed by atoms with van der Waals surface area (Å²) in [5.41, 5.74) is 5.43. The average Bonchev–Trinajstić information content (AvgIpc) is 2.42. The lowest BCUT2D eigenvalue weighted by Crippen LogP contribution is -2.50. The van der Waals surface area contributed by atoms with Crippen LogP contribution in [0.2, 0.25) is 0 Å². The molecule has 0 saturated carbocycles. The highest BCUT2D eigenvalue weighted by atomic mass is 32.1. The number of rotatable bonds is 4. The van der Waals surface area contributed by atoms with Crippen molar-refractivity contribution < 1.29 is 4.79 Å². The van der Waals surface area contributed by atoms with Gasteiger partial charge in [-0.2, -0.15) is 0 Å². The Labute approximate surface area is 121 Å². The largest absolute Gasteiger partial charge is 0.340 e. The molecule has 110 valence electrons. The van der Waals surface area contributed by atoms with Crippen molar-refractivity contribution >= 4 is 18.7 Å². The van der Waals surface area contributed by atoms with Gasteiger partial charge in [-0.3, -0.25) is 14.0 Å². The summed E-state index contributed by atoms with van der Waals surface area (Å²) in [6, 6.07) is 0. The van der Waals surface area contributed by atoms with Gasteiger partial charge in [-0.25, -0.2) is 0 Å². The SMILES string of the molecule is NCCC(=O)N1CCN(CC2CCN(S)CC2)CC1. The smallest absolute Gasteiger partial charge is 0.223 e. The highest BCUT2D eigenvalue weighted by molar-refractivity contribution is 7.77. The minimum atomic E-state index is 0.213. The van der Waals surface area contributed by atoms with E-state index < -0.39 is 0 Å². The van der Waals surface area contributed by atoms with Crippen LogP contribution in [0.15, 0.2) is 0 Å². The molecule has 0 aliphatic carbocycles. The Balaban J connectivity index is 1.67. The fourth-order valence-corrected chi connectivity index (χ4v) is 3.16. The summed E-state index contributed by atoms with van der Waals surface area (Å²) in [4.78, 5) is 16.2. The second-order valence-corrected chi connectivity index (χ2v) is 6.18. The molecule has 0 aromatic carbocycles. The van der Waals surface area contributed by atoms with Gasteiger partial charge >= 0.3 is 0 Å². The van der Waals surface area contributed by atoms with E-state index in [4.69, 9.17) is 5.73 Å². The second kappa shape index (κ2) is 7.47. The van der Waals surface area contributed by atoms with E-state index in [2.05, 4.69) is 22.0 Å². The molecular formula is C13H26N4OS. The third kappa shape index (κ3) is 4.63. The molecule has 0 spiro atoms. The van der Waals surface area contributed by atoms with E-state index in [1.165, 1.54) is 19.4 Å². The Bertz CT molecular complexity index is 286. The van der Waals surface area contributed by atoms with Gasteiger partial charge in [0.25, 0.3) is 0 Å². The maximum Gasteiger partial charge on any atom is 0.223 e. The maximum atomic E-state index is 11.7. The molecule has 6 heteroatoms. The maximum absolute atomic E-state index is 11.7. The summed E-state index contributed by atoms with van der Waals surface area (Å²) in [5, 5.41) is 0. The lowest BCUT2D eigenvalue weighted by atomic mass is 9.97. The number of nitrogens with two attached hydrogens (primary N) is 1. The zero-order valence-electron chi connectivity index (χ0n) is 11.6. The van der Waals surface area contributed by atoms with Crippen molar-refractivity contribution in [2.45, 2.75) is 19.3 Å². The van der Waals surface area contributed by atoms with Crippen LogP contribution >= 0.6 is 12.8 Å². The fourth-order valence-electron chi connectivity index (χ4n) is 2.93. The molecule has 0 bridgehead atoms. The standard InChI is InChI=1S/C13H26N4OS/c14-4-1-13(18)16-9-7-15(8-10-16)11-12-2-5-17(19)6-3-12/h12,19H,1-11,14H2. The number of carbonyl (C=O) groups is 1. The van der Waals surface area contributed by atoms with Gasteiger partial charge in [-0.1, -0.05) is 12.8 Å². The summed E-state index contributed by atoms with van der Waals surface area (Å²) in [6.45, 7) is 7.59. The summed E-state index contributed by atoms with van der Waals surface area (Å²) in [7, 11) is 0. The van der Waals surface area contributed by atoms with Gasteiger partial charge in [-0.15, -0.1) is 0 Å². The third-order valence-electron chi connectivity index (χ3n) is 4.19. The first-order valence-corrected chi connectivity index (χ1v) is 7.73. The normalized spacial score (nSPS) is 23.8. The van der Waals surface area contributed by atoms with E-state index in [0.717, 1.165) is 45.2 Å². The molecule has 5 nitrogen and oxygen atoms in total. The molecule has 2 rings (SSSR count). The molecule has 0 aromatic heterocycles. The number of amides is 1. The van der Waals surface area contributed by atoms with Crippen molar-refractivity contribution in [3.63, 3.8) is 0 Å². The Hall–Kier alpha value is -0.300. The van der Waals surface area contributed by atoms with Gasteiger partial charge in [0.15, 0.2) is 0 Å². The van der Waals surface area contributed by atoms with E-state index in [-0.39, 0.29) is 5.91 Å². The number of piperazine rings is 1. The van der Waals surface area contributed by atoms with Crippen molar-refractivity contribution in [1.29, 1.82) is 0 Å². The Morgan fingerprint density at radius 3 is 2.32 bits per heavy atom. The zero-order chi connectivity index (χ0) is 13.7. The van der Waals surface area contributed by atoms with Crippen LogP contribution < -0.4 is 5.73 Å². The molecule has 2 aliphatic rings. The van der Waals surface area contributed by atoms with Crippen LogP contribution in [-0.4, -0.2) is 72.4 Å². The number of nitrogens with zero attached hydrogens (tertiary/aromatic N) is 3. The van der Waals surface area contributed by atoms with Crippen molar-refractivity contribution in [1.82, 2.24) is 14.1 Å². The quantitative estimate of drug-likeness (QED) is 0.716. The Morgan fingerprint density at radius 1 is 1.11 bits per heavy atom. The third-order valence-corrected chi connectivity index (χ3v) is 4.59. The van der Waals surface area contributed by atoms with Gasteiger partial charge in [0, 0.05) is 58.8 Å². The van der Waals surface area contributed by atoms with Crippen LogP contribution in [0.25, 0.3) is 0 Å². The lowest BCUT2D eigenvalue weighted by Gasteiger charge is -2.38. The number of piperidine rings is 1. The summed E-state index contributed by atoms with van der Waals surface area (Å²) >= 11 is 4.39. The topological polar surface area (TPSA) is 52.8 Å². The summed E-state index contributed by atoms with van der Waals surface area (Å²) in [5.74, 6) is 1.01. The Morgan fingerprint density at radius 2 is 1.74 bits per heavy atom. The van der Waals surface area contributed by atoms with E-state index in [9.17, 15) is 4.79 Å². The highest BCUT2D eigenvalue weighted by Crippen LogP contribution is 2.20. The van der Waals surface area contributed by atoms with Crippen LogP contribution in [0.3, 0.4) is 0 Å². The predicted octanol–water partition coefficient (Wildman–Crippen LogP) is 0.0362. The first kappa shape index (κ1) is 15.1. The Kier molecular flexibility index (Phi) is 5.94. The molecule has 2 heterocycles. The molecule has 0 unspecified atom stereocenters. The number of thiol groups is 1. The molecule has 19 heavy (non-hydrogen) atoms. The molecule has 0 aromatic rings. The highest BCUT2D eigenvalue weighted by Gasteiger charge is 2.24. The summed E-state index contributed by atoms with van der Waals surface area (Å²) < 4.78 is 2.11. The van der Waals surface area contributed by atoms with E-state index in [0.29, 0.717) is 13.0 Å². The molecule has 0 radical (unpaired) electrons. The van der Waals surface area contributed by atoms with E-state index in [1.807, 2.05) is 4.90 Å². The van der Waals surface area contributed by atoms with E-state index >= 15 is 0 Å². The first-order valence-electron chi connectivity index (χ1n) is 7.33. The predicted molar refractivity (Wildman–Crippen MR) is 80.0 cm³/mol. The number of hydrogen-bond acceptors (Lipinski definition) is 5. The first-order chi connectivity index (χ1) is 9.19. The van der Waals surface area contributed by atoms with Gasteiger partial charge < -0.3 is 10.6 Å². The number of hydrogen-bond donors (Lipinski definition) is 2. The monoisotopic (exact) mass is 286 g/mol. The van der Waals surface area contributed by atoms with Crippen molar-refractivity contribution in [3.05, 3.63) is 0 Å². The number of carbonyl (C=O) groups excluding carboxylic acids is 1. The van der Waals surface area contributed by atoms with Crippen molar-refractivity contribution in [2.24, 2.45) is 11.7 Å². The average molecular weight is 286 g/mol.